The molecular weight excluding hydrogens is 389 g/mol. The van der Waals surface area contributed by atoms with E-state index in [0.29, 0.717) is 0 Å². The summed E-state index contributed by atoms with van der Waals surface area (Å²) >= 11 is 0. The first-order valence-electron chi connectivity index (χ1n) is 9.35. The van der Waals surface area contributed by atoms with Crippen LogP contribution in [-0.2, 0) is 14.6 Å². The number of benzene rings is 3. The van der Waals surface area contributed by atoms with E-state index in [4.69, 9.17) is 0 Å². The van der Waals surface area contributed by atoms with Crippen molar-refractivity contribution in [3.63, 3.8) is 0 Å². The summed E-state index contributed by atoms with van der Waals surface area (Å²) in [7, 11) is -3.60. The smallest absolute Gasteiger partial charge is 0.234 e. The van der Waals surface area contributed by atoms with Gasteiger partial charge in [0.1, 0.15) is 11.1 Å². The highest BCUT2D eigenvalue weighted by Crippen LogP contribution is 2.31. The Hall–Kier alpha value is -2.99. The summed E-state index contributed by atoms with van der Waals surface area (Å²) in [5, 5.41) is -0.677. The molecule has 0 unspecified atom stereocenters. The Morgan fingerprint density at radius 3 is 1.79 bits per heavy atom. The summed E-state index contributed by atoms with van der Waals surface area (Å²) in [6, 6.07) is 23.8. The highest BCUT2D eigenvalue weighted by Gasteiger charge is 2.42. The van der Waals surface area contributed by atoms with Crippen molar-refractivity contribution >= 4 is 15.7 Å². The lowest BCUT2D eigenvalue weighted by Gasteiger charge is -2.40. The Morgan fingerprint density at radius 1 is 0.828 bits per heavy atom. The van der Waals surface area contributed by atoms with E-state index in [1.807, 2.05) is 60.7 Å². The van der Waals surface area contributed by atoms with Crippen molar-refractivity contribution in [3.05, 3.63) is 102 Å². The summed E-state index contributed by atoms with van der Waals surface area (Å²) in [6.07, 6.45) is 0. The van der Waals surface area contributed by atoms with Crippen LogP contribution < -0.4 is 0 Å². The number of hydrogen-bond acceptors (Lipinski definition) is 3. The van der Waals surface area contributed by atoms with E-state index in [1.165, 1.54) is 12.1 Å². The van der Waals surface area contributed by atoms with Crippen molar-refractivity contribution in [1.29, 1.82) is 0 Å². The van der Waals surface area contributed by atoms with Crippen LogP contribution in [-0.4, -0.2) is 37.6 Å². The maximum Gasteiger partial charge on any atom is 0.234 e. The van der Waals surface area contributed by atoms with Gasteiger partial charge >= 0.3 is 0 Å². The molecule has 3 aromatic rings. The third kappa shape index (κ3) is 3.80. The van der Waals surface area contributed by atoms with Crippen LogP contribution in [0.5, 0.6) is 0 Å². The summed E-state index contributed by atoms with van der Waals surface area (Å²) in [6.45, 7) is 0.267. The molecule has 0 saturated carbocycles. The van der Waals surface area contributed by atoms with Gasteiger partial charge in [0, 0.05) is 13.1 Å². The van der Waals surface area contributed by atoms with Crippen LogP contribution in [0, 0.1) is 5.82 Å². The van der Waals surface area contributed by atoms with Gasteiger partial charge in [-0.05, 0) is 35.4 Å². The zero-order chi connectivity index (χ0) is 20.4. The van der Waals surface area contributed by atoms with Crippen LogP contribution in [0.2, 0.25) is 0 Å². The summed E-state index contributed by atoms with van der Waals surface area (Å²) in [4.78, 5) is 14.9. The molecule has 0 bridgehead atoms. The topological polar surface area (TPSA) is 54.5 Å². The summed E-state index contributed by atoms with van der Waals surface area (Å²) in [5.74, 6) is -1.08. The number of halogens is 1. The van der Waals surface area contributed by atoms with Gasteiger partial charge in [-0.3, -0.25) is 4.79 Å². The van der Waals surface area contributed by atoms with Crippen molar-refractivity contribution in [2.75, 3.05) is 13.1 Å². The van der Waals surface area contributed by atoms with Crippen molar-refractivity contribution in [3.8, 4) is 0 Å². The minimum atomic E-state index is -3.60. The number of nitrogens with zero attached hydrogens (tertiary/aromatic N) is 1. The van der Waals surface area contributed by atoms with Gasteiger partial charge in [0.25, 0.3) is 0 Å². The van der Waals surface area contributed by atoms with E-state index in [2.05, 4.69) is 0 Å². The zero-order valence-electron chi connectivity index (χ0n) is 15.6. The Morgan fingerprint density at radius 2 is 1.31 bits per heavy atom. The number of carbonyl (C=O) groups excluding carboxylic acids is 1. The molecule has 1 aliphatic heterocycles. The number of sulfone groups is 1. The van der Waals surface area contributed by atoms with Crippen molar-refractivity contribution < 1.29 is 17.6 Å². The molecule has 0 aliphatic carbocycles. The largest absolute Gasteiger partial charge is 0.339 e. The summed E-state index contributed by atoms with van der Waals surface area (Å²) in [5.41, 5.74) is 1.74. The van der Waals surface area contributed by atoms with Crippen LogP contribution >= 0.6 is 0 Å². The van der Waals surface area contributed by atoms with Gasteiger partial charge in [-0.15, -0.1) is 0 Å². The van der Waals surface area contributed by atoms with Gasteiger partial charge in [-0.2, -0.15) is 0 Å². The number of carbonyl (C=O) groups is 1. The summed E-state index contributed by atoms with van der Waals surface area (Å²) < 4.78 is 38.6. The second-order valence-electron chi connectivity index (χ2n) is 7.12. The molecule has 1 saturated heterocycles. The predicted octanol–water partition coefficient (Wildman–Crippen LogP) is 3.64. The number of amides is 1. The Kier molecular flexibility index (Phi) is 5.20. The molecular formula is C23H20FNO3S. The Bertz CT molecular complexity index is 1050. The third-order valence-electron chi connectivity index (χ3n) is 5.25. The first-order chi connectivity index (χ1) is 14.0. The molecule has 3 aromatic carbocycles. The average Bonchev–Trinajstić information content (AvgIpc) is 2.69. The van der Waals surface area contributed by atoms with E-state index in [-0.39, 0.29) is 23.9 Å². The number of hydrogen-bond donors (Lipinski definition) is 0. The fourth-order valence-electron chi connectivity index (χ4n) is 3.58. The molecule has 0 atom stereocenters. The molecule has 0 aromatic heterocycles. The molecule has 0 radical (unpaired) electrons. The van der Waals surface area contributed by atoms with E-state index >= 15 is 0 Å². The van der Waals surface area contributed by atoms with Gasteiger partial charge in [0.2, 0.25) is 5.91 Å². The van der Waals surface area contributed by atoms with Gasteiger partial charge in [0.15, 0.2) is 9.84 Å². The molecule has 148 valence electrons. The van der Waals surface area contributed by atoms with Crippen molar-refractivity contribution in [2.45, 2.75) is 16.1 Å². The molecule has 4 rings (SSSR count). The number of likely N-dealkylation sites (tertiary alicyclic amines) is 1. The highest BCUT2D eigenvalue weighted by molar-refractivity contribution is 7.92. The molecule has 1 aliphatic rings. The fourth-order valence-corrected chi connectivity index (χ4v) is 5.23. The predicted molar refractivity (Wildman–Crippen MR) is 109 cm³/mol. The molecule has 0 N–H and O–H groups in total. The normalized spacial score (nSPS) is 14.6. The lowest BCUT2D eigenvalue weighted by molar-refractivity contribution is -0.135. The maximum absolute atomic E-state index is 13.3. The molecule has 29 heavy (non-hydrogen) atoms. The lowest BCUT2D eigenvalue weighted by atomic mass is 9.89. The van der Waals surface area contributed by atoms with Crippen LogP contribution in [0.4, 0.5) is 4.39 Å². The first kappa shape index (κ1) is 19.3. The molecule has 1 heterocycles. The van der Waals surface area contributed by atoms with Gasteiger partial charge in [0.05, 0.1) is 10.8 Å². The number of rotatable bonds is 5. The second-order valence-corrected chi connectivity index (χ2v) is 9.35. The fraction of sp³-hybridized carbons (Fsp3) is 0.174. The molecule has 4 nitrogen and oxygen atoms in total. The van der Waals surface area contributed by atoms with Crippen LogP contribution in [0.1, 0.15) is 17.0 Å². The maximum atomic E-state index is 13.3. The quantitative estimate of drug-likeness (QED) is 0.605. The Labute approximate surface area is 169 Å². The lowest BCUT2D eigenvalue weighted by Crippen LogP contribution is -2.58. The highest BCUT2D eigenvalue weighted by atomic mass is 32.2. The van der Waals surface area contributed by atoms with Crippen LogP contribution in [0.15, 0.2) is 89.8 Å². The molecule has 0 spiro atoms. The second kappa shape index (κ2) is 7.79. The van der Waals surface area contributed by atoms with Gasteiger partial charge in [-0.25, -0.2) is 12.8 Å². The monoisotopic (exact) mass is 409 g/mol. The molecule has 1 fully saturated rings. The van der Waals surface area contributed by atoms with E-state index in [9.17, 15) is 17.6 Å². The van der Waals surface area contributed by atoms with Crippen molar-refractivity contribution in [1.82, 2.24) is 4.90 Å². The van der Waals surface area contributed by atoms with Crippen LogP contribution in [0.25, 0.3) is 0 Å². The minimum absolute atomic E-state index is 0.0821. The molecule has 6 heteroatoms. The third-order valence-corrected chi connectivity index (χ3v) is 7.36. The van der Waals surface area contributed by atoms with Crippen molar-refractivity contribution in [2.24, 2.45) is 0 Å². The van der Waals surface area contributed by atoms with E-state index in [1.54, 1.807) is 4.90 Å². The SMILES string of the molecule is O=C(C(c1ccccc1)c1ccccc1)N1CC(S(=O)(=O)c2ccc(F)cc2)C1. The molecule has 1 amide bonds. The van der Waals surface area contributed by atoms with Gasteiger partial charge in [-0.1, -0.05) is 60.7 Å². The van der Waals surface area contributed by atoms with Crippen LogP contribution in [0.3, 0.4) is 0 Å². The van der Waals surface area contributed by atoms with E-state index < -0.39 is 26.8 Å². The Balaban J connectivity index is 1.54. The average molecular weight is 409 g/mol. The zero-order valence-corrected chi connectivity index (χ0v) is 16.4. The standard InChI is InChI=1S/C23H20FNO3S/c24-19-11-13-20(14-12-19)29(27,28)21-15-25(16-21)23(26)22(17-7-3-1-4-8-17)18-9-5-2-6-10-18/h1-14,21-22H,15-16H2. The first-order valence-corrected chi connectivity index (χ1v) is 10.9. The minimum Gasteiger partial charge on any atom is -0.339 e. The van der Waals surface area contributed by atoms with Gasteiger partial charge < -0.3 is 4.90 Å². The van der Waals surface area contributed by atoms with E-state index in [0.717, 1.165) is 23.3 Å².